The first-order valence-electron chi connectivity index (χ1n) is 5.53. The summed E-state index contributed by atoms with van der Waals surface area (Å²) in [5.74, 6) is 0.600. The number of oxime groups is 1. The Morgan fingerprint density at radius 3 is 2.42 bits per heavy atom. The Morgan fingerprint density at radius 1 is 1.26 bits per heavy atom. The number of hydrogen-bond donors (Lipinski definition) is 2. The van der Waals surface area contributed by atoms with E-state index in [2.05, 4.69) is 5.16 Å². The van der Waals surface area contributed by atoms with E-state index in [1.54, 1.807) is 6.07 Å². The number of benzene rings is 1. The summed E-state index contributed by atoms with van der Waals surface area (Å²) in [5, 5.41) is 12.8. The number of ether oxygens (including phenoxy) is 1. The van der Waals surface area contributed by atoms with Crippen LogP contribution < -0.4 is 10.5 Å². The summed E-state index contributed by atoms with van der Waals surface area (Å²) in [6.07, 6.45) is 0.555. The molecule has 0 spiro atoms. The number of nitrogens with zero attached hydrogens (tertiary/aromatic N) is 1. The molecule has 0 unspecified atom stereocenters. The van der Waals surface area contributed by atoms with Crippen LogP contribution >= 0.6 is 34.8 Å². The highest BCUT2D eigenvalue weighted by Gasteiger charge is 2.23. The van der Waals surface area contributed by atoms with Crippen molar-refractivity contribution in [2.45, 2.75) is 20.3 Å². The quantitative estimate of drug-likeness (QED) is 0.280. The molecule has 0 aliphatic heterocycles. The highest BCUT2D eigenvalue weighted by molar-refractivity contribution is 6.43. The van der Waals surface area contributed by atoms with Gasteiger partial charge in [-0.25, -0.2) is 0 Å². The van der Waals surface area contributed by atoms with Gasteiger partial charge in [0.25, 0.3) is 0 Å². The van der Waals surface area contributed by atoms with Crippen LogP contribution in [-0.4, -0.2) is 17.6 Å². The molecule has 1 rings (SSSR count). The minimum Gasteiger partial charge on any atom is -0.492 e. The summed E-state index contributed by atoms with van der Waals surface area (Å²) in [6, 6.07) is 3.08. The van der Waals surface area contributed by atoms with Crippen molar-refractivity contribution in [1.82, 2.24) is 0 Å². The first-order valence-corrected chi connectivity index (χ1v) is 6.66. The zero-order valence-electron chi connectivity index (χ0n) is 10.6. The molecule has 0 amide bonds. The molecule has 0 radical (unpaired) electrons. The predicted molar refractivity (Wildman–Crippen MR) is 78.8 cm³/mol. The molecule has 0 bridgehead atoms. The van der Waals surface area contributed by atoms with Crippen molar-refractivity contribution >= 4 is 40.6 Å². The van der Waals surface area contributed by atoms with Gasteiger partial charge in [-0.1, -0.05) is 53.8 Å². The van der Waals surface area contributed by atoms with Crippen molar-refractivity contribution < 1.29 is 9.94 Å². The second-order valence-corrected chi connectivity index (χ2v) is 5.89. The summed E-state index contributed by atoms with van der Waals surface area (Å²) in [6.45, 7) is 4.05. The lowest BCUT2D eigenvalue weighted by molar-refractivity contribution is 0.259. The largest absolute Gasteiger partial charge is 0.492 e. The van der Waals surface area contributed by atoms with Gasteiger partial charge in [0.2, 0.25) is 0 Å². The molecule has 0 saturated heterocycles. The van der Waals surface area contributed by atoms with E-state index in [0.717, 1.165) is 0 Å². The van der Waals surface area contributed by atoms with Gasteiger partial charge in [-0.05, 0) is 12.5 Å². The summed E-state index contributed by atoms with van der Waals surface area (Å²) in [5.41, 5.74) is 5.11. The molecule has 106 valence electrons. The average Bonchev–Trinajstić information content (AvgIpc) is 2.34. The van der Waals surface area contributed by atoms with Crippen LogP contribution in [-0.2, 0) is 0 Å². The Hall–Kier alpha value is -0.840. The SMILES string of the molecule is CC(C)(CCOc1cc(Cl)c(Cl)cc1Cl)C(N)=NO. The predicted octanol–water partition coefficient (Wildman–Crippen LogP) is 4.19. The van der Waals surface area contributed by atoms with Crippen molar-refractivity contribution in [2.75, 3.05) is 6.61 Å². The van der Waals surface area contributed by atoms with Gasteiger partial charge in [0.05, 0.1) is 21.7 Å². The minimum absolute atomic E-state index is 0.149. The molecule has 3 N–H and O–H groups in total. The Balaban J connectivity index is 2.66. The van der Waals surface area contributed by atoms with Gasteiger partial charge in [-0.3, -0.25) is 0 Å². The molecule has 0 aromatic heterocycles. The highest BCUT2D eigenvalue weighted by Crippen LogP contribution is 2.34. The van der Waals surface area contributed by atoms with Gasteiger partial charge < -0.3 is 15.7 Å². The lowest BCUT2D eigenvalue weighted by Gasteiger charge is -2.22. The molecule has 7 heteroatoms. The van der Waals surface area contributed by atoms with Crippen LogP contribution in [0.3, 0.4) is 0 Å². The monoisotopic (exact) mass is 324 g/mol. The van der Waals surface area contributed by atoms with E-state index in [1.165, 1.54) is 6.07 Å². The Kier molecular flexibility index (Phi) is 5.59. The fourth-order valence-corrected chi connectivity index (χ4v) is 1.89. The van der Waals surface area contributed by atoms with Crippen molar-refractivity contribution in [3.05, 3.63) is 27.2 Å². The molecule has 0 aliphatic rings. The van der Waals surface area contributed by atoms with Crippen LogP contribution in [0.15, 0.2) is 17.3 Å². The Labute approximate surface area is 127 Å². The summed E-state index contributed by atoms with van der Waals surface area (Å²) in [4.78, 5) is 0. The smallest absolute Gasteiger partial charge is 0.144 e. The lowest BCUT2D eigenvalue weighted by atomic mass is 9.88. The zero-order chi connectivity index (χ0) is 14.6. The van der Waals surface area contributed by atoms with E-state index in [9.17, 15) is 0 Å². The van der Waals surface area contributed by atoms with Gasteiger partial charge in [0.1, 0.15) is 11.6 Å². The van der Waals surface area contributed by atoms with E-state index in [1.807, 2.05) is 13.8 Å². The van der Waals surface area contributed by atoms with Crippen LogP contribution in [0.4, 0.5) is 0 Å². The van der Waals surface area contributed by atoms with Gasteiger partial charge in [-0.2, -0.15) is 0 Å². The fraction of sp³-hybridized carbons (Fsp3) is 0.417. The van der Waals surface area contributed by atoms with Gasteiger partial charge in [0.15, 0.2) is 0 Å². The third-order valence-corrected chi connectivity index (χ3v) is 3.78. The summed E-state index contributed by atoms with van der Waals surface area (Å²) >= 11 is 17.7. The van der Waals surface area contributed by atoms with Gasteiger partial charge in [0, 0.05) is 11.5 Å². The van der Waals surface area contributed by atoms with E-state index < -0.39 is 5.41 Å². The summed E-state index contributed by atoms with van der Waals surface area (Å²) < 4.78 is 5.54. The molecule has 1 aromatic carbocycles. The van der Waals surface area contributed by atoms with Crippen LogP contribution in [0.25, 0.3) is 0 Å². The highest BCUT2D eigenvalue weighted by atomic mass is 35.5. The van der Waals surface area contributed by atoms with Crippen molar-refractivity contribution in [1.29, 1.82) is 0 Å². The average molecular weight is 326 g/mol. The van der Waals surface area contributed by atoms with Crippen molar-refractivity contribution in [3.63, 3.8) is 0 Å². The molecular weight excluding hydrogens is 311 g/mol. The maximum atomic E-state index is 8.67. The Morgan fingerprint density at radius 2 is 1.84 bits per heavy atom. The van der Waals surface area contributed by atoms with Crippen molar-refractivity contribution in [3.8, 4) is 5.75 Å². The molecule has 0 heterocycles. The maximum Gasteiger partial charge on any atom is 0.144 e. The standard InChI is InChI=1S/C12H15Cl3N2O2/c1-12(2,11(16)17-18)3-4-19-10-6-8(14)7(13)5-9(10)15/h5-6,18H,3-4H2,1-2H3,(H2,16,17). The number of nitrogens with two attached hydrogens (primary N) is 1. The second-order valence-electron chi connectivity index (χ2n) is 4.66. The third kappa shape index (κ3) is 4.34. The van der Waals surface area contributed by atoms with E-state index in [0.29, 0.717) is 33.8 Å². The second kappa shape index (κ2) is 6.55. The van der Waals surface area contributed by atoms with Crippen molar-refractivity contribution in [2.24, 2.45) is 16.3 Å². The first kappa shape index (κ1) is 16.2. The topological polar surface area (TPSA) is 67.8 Å². The van der Waals surface area contributed by atoms with Crippen LogP contribution in [0.1, 0.15) is 20.3 Å². The van der Waals surface area contributed by atoms with E-state index in [-0.39, 0.29) is 5.84 Å². The molecule has 19 heavy (non-hydrogen) atoms. The number of amidine groups is 1. The molecule has 0 saturated carbocycles. The zero-order valence-corrected chi connectivity index (χ0v) is 12.9. The number of halogens is 3. The third-order valence-electron chi connectivity index (χ3n) is 2.76. The fourth-order valence-electron chi connectivity index (χ4n) is 1.29. The molecule has 0 fully saturated rings. The summed E-state index contributed by atoms with van der Waals surface area (Å²) in [7, 11) is 0. The van der Waals surface area contributed by atoms with Crippen LogP contribution in [0.5, 0.6) is 5.75 Å². The van der Waals surface area contributed by atoms with Crippen LogP contribution in [0.2, 0.25) is 15.1 Å². The molecular formula is C12H15Cl3N2O2. The molecule has 0 aliphatic carbocycles. The first-order chi connectivity index (χ1) is 8.77. The van der Waals surface area contributed by atoms with Gasteiger partial charge >= 0.3 is 0 Å². The van der Waals surface area contributed by atoms with Crippen LogP contribution in [0, 0.1) is 5.41 Å². The maximum absolute atomic E-state index is 8.67. The normalized spacial score (nSPS) is 12.6. The van der Waals surface area contributed by atoms with E-state index in [4.69, 9.17) is 50.5 Å². The molecule has 0 atom stereocenters. The number of hydrogen-bond acceptors (Lipinski definition) is 3. The Bertz CT molecular complexity index is 490. The van der Waals surface area contributed by atoms with E-state index >= 15 is 0 Å². The number of rotatable bonds is 5. The van der Waals surface area contributed by atoms with Gasteiger partial charge in [-0.15, -0.1) is 0 Å². The molecule has 1 aromatic rings. The minimum atomic E-state index is -0.475. The lowest BCUT2D eigenvalue weighted by Crippen LogP contribution is -2.33. The molecule has 4 nitrogen and oxygen atoms in total.